The first kappa shape index (κ1) is 25.8. The molecule has 0 spiro atoms. The Bertz CT molecular complexity index is 1450. The standard InChI is InChI=1S/C24H23FN8.CO2/c1-4-24(2,3)21-10-6-8-16(28-21)13-33-14-20(31-32-33)19-11-18(29-23(27)30-19)17-9-5-7-15(12-26)22(17)25;2-1-3/h5-11,14H,4,13H2,1-3H3,(H2,27,29,30);. The summed E-state index contributed by atoms with van der Waals surface area (Å²) in [7, 11) is 0. The van der Waals surface area contributed by atoms with Crippen LogP contribution in [-0.2, 0) is 21.5 Å². The van der Waals surface area contributed by atoms with Crippen LogP contribution in [0.4, 0.5) is 10.3 Å². The predicted molar refractivity (Wildman–Crippen MR) is 127 cm³/mol. The number of nitrogens with zero attached hydrogens (tertiary/aromatic N) is 7. The molecule has 0 unspecified atom stereocenters. The number of nitrogens with two attached hydrogens (primary N) is 1. The van der Waals surface area contributed by atoms with Crippen molar-refractivity contribution in [3.8, 4) is 28.7 Å². The van der Waals surface area contributed by atoms with Gasteiger partial charge in [0.2, 0.25) is 5.95 Å². The van der Waals surface area contributed by atoms with E-state index in [1.165, 1.54) is 12.1 Å². The number of rotatable bonds is 6. The largest absolute Gasteiger partial charge is 0.373 e. The van der Waals surface area contributed by atoms with Crippen molar-refractivity contribution in [2.45, 2.75) is 39.2 Å². The molecule has 0 radical (unpaired) electrons. The second kappa shape index (κ2) is 11.1. The Morgan fingerprint density at radius 2 is 1.75 bits per heavy atom. The normalized spacial score (nSPS) is 10.6. The lowest BCUT2D eigenvalue weighted by molar-refractivity contribution is -0.191. The lowest BCUT2D eigenvalue weighted by Gasteiger charge is -2.22. The SMILES string of the molecule is CCC(C)(C)c1cccc(Cn2cc(-c3cc(-c4cccc(C#N)c4F)nc(N)n3)nn2)n1.O=C=O. The zero-order valence-electron chi connectivity index (χ0n) is 19.9. The van der Waals surface area contributed by atoms with Gasteiger partial charge in [0.15, 0.2) is 0 Å². The zero-order chi connectivity index (χ0) is 26.3. The van der Waals surface area contributed by atoms with Gasteiger partial charge in [-0.3, -0.25) is 4.98 Å². The molecule has 0 aliphatic carbocycles. The summed E-state index contributed by atoms with van der Waals surface area (Å²) < 4.78 is 16.3. The average molecular weight is 487 g/mol. The summed E-state index contributed by atoms with van der Waals surface area (Å²) in [6, 6.07) is 13.9. The third-order valence-electron chi connectivity index (χ3n) is 5.65. The molecule has 0 aliphatic heterocycles. The highest BCUT2D eigenvalue weighted by Crippen LogP contribution is 2.27. The van der Waals surface area contributed by atoms with Crippen LogP contribution in [-0.4, -0.2) is 36.1 Å². The molecule has 182 valence electrons. The monoisotopic (exact) mass is 486 g/mol. The van der Waals surface area contributed by atoms with E-state index < -0.39 is 5.82 Å². The van der Waals surface area contributed by atoms with E-state index in [-0.39, 0.29) is 34.3 Å². The van der Waals surface area contributed by atoms with Gasteiger partial charge in [-0.15, -0.1) is 5.10 Å². The van der Waals surface area contributed by atoms with Crippen molar-refractivity contribution in [1.82, 2.24) is 29.9 Å². The summed E-state index contributed by atoms with van der Waals surface area (Å²) in [4.78, 5) is 29.4. The number of hydrogen-bond acceptors (Lipinski definition) is 9. The first-order valence-electron chi connectivity index (χ1n) is 10.9. The number of nitriles is 1. The molecule has 0 saturated heterocycles. The molecule has 36 heavy (non-hydrogen) atoms. The molecule has 4 rings (SSSR count). The van der Waals surface area contributed by atoms with Gasteiger partial charge in [-0.1, -0.05) is 38.1 Å². The number of halogens is 1. The fraction of sp³-hybridized carbons (Fsp3) is 0.240. The number of aromatic nitrogens is 6. The number of benzene rings is 1. The lowest BCUT2D eigenvalue weighted by atomic mass is 9.86. The molecule has 0 atom stereocenters. The first-order chi connectivity index (χ1) is 17.2. The van der Waals surface area contributed by atoms with Crippen LogP contribution in [0.3, 0.4) is 0 Å². The number of hydrogen-bond donors (Lipinski definition) is 1. The minimum Gasteiger partial charge on any atom is -0.368 e. The molecule has 3 aromatic heterocycles. The summed E-state index contributed by atoms with van der Waals surface area (Å²) >= 11 is 0. The van der Waals surface area contributed by atoms with Gasteiger partial charge in [-0.2, -0.15) is 14.9 Å². The van der Waals surface area contributed by atoms with Crippen molar-refractivity contribution in [2.24, 2.45) is 0 Å². The number of anilines is 1. The van der Waals surface area contributed by atoms with E-state index in [0.717, 1.165) is 17.8 Å². The highest BCUT2D eigenvalue weighted by Gasteiger charge is 2.20. The van der Waals surface area contributed by atoms with Gasteiger partial charge in [-0.05, 0) is 36.8 Å². The van der Waals surface area contributed by atoms with Crippen molar-refractivity contribution in [2.75, 3.05) is 5.73 Å². The zero-order valence-corrected chi connectivity index (χ0v) is 19.9. The van der Waals surface area contributed by atoms with Crippen LogP contribution >= 0.6 is 0 Å². The van der Waals surface area contributed by atoms with E-state index >= 15 is 0 Å². The molecular formula is C25H23FN8O2. The van der Waals surface area contributed by atoms with Crippen LogP contribution in [0.5, 0.6) is 0 Å². The quantitative estimate of drug-likeness (QED) is 0.431. The Hall–Kier alpha value is -4.81. The molecule has 0 amide bonds. The summed E-state index contributed by atoms with van der Waals surface area (Å²) in [5.74, 6) is -0.691. The maximum Gasteiger partial charge on any atom is 0.373 e. The van der Waals surface area contributed by atoms with Gasteiger partial charge in [0, 0.05) is 16.7 Å². The number of nitrogen functional groups attached to an aromatic ring is 1. The highest BCUT2D eigenvalue weighted by atomic mass is 19.1. The van der Waals surface area contributed by atoms with Gasteiger partial charge in [0.1, 0.15) is 17.6 Å². The molecule has 10 nitrogen and oxygen atoms in total. The van der Waals surface area contributed by atoms with Crippen molar-refractivity contribution >= 4 is 12.1 Å². The van der Waals surface area contributed by atoms with E-state index in [4.69, 9.17) is 25.6 Å². The van der Waals surface area contributed by atoms with Crippen LogP contribution in [0.25, 0.3) is 22.6 Å². The maximum atomic E-state index is 14.7. The Labute approximate surface area is 206 Å². The van der Waals surface area contributed by atoms with E-state index in [1.54, 1.807) is 23.0 Å². The summed E-state index contributed by atoms with van der Waals surface area (Å²) in [6.07, 6.45) is 2.96. The number of carbonyl (C=O) groups excluding carboxylic acids is 2. The third-order valence-corrected chi connectivity index (χ3v) is 5.65. The third kappa shape index (κ3) is 5.81. The minimum atomic E-state index is -0.659. The van der Waals surface area contributed by atoms with Gasteiger partial charge in [-0.25, -0.2) is 19.0 Å². The van der Waals surface area contributed by atoms with E-state index in [1.807, 2.05) is 24.3 Å². The summed E-state index contributed by atoms with van der Waals surface area (Å²) in [5, 5.41) is 17.5. The molecule has 2 N–H and O–H groups in total. The van der Waals surface area contributed by atoms with Crippen molar-refractivity contribution in [1.29, 1.82) is 5.26 Å². The average Bonchev–Trinajstić information content (AvgIpc) is 3.33. The first-order valence-corrected chi connectivity index (χ1v) is 10.9. The molecule has 1 aromatic carbocycles. The molecule has 3 heterocycles. The Balaban J connectivity index is 0.00000115. The highest BCUT2D eigenvalue weighted by molar-refractivity contribution is 5.68. The van der Waals surface area contributed by atoms with Crippen LogP contribution < -0.4 is 5.73 Å². The molecular weight excluding hydrogens is 463 g/mol. The van der Waals surface area contributed by atoms with Gasteiger partial charge in [0.05, 0.1) is 35.4 Å². The van der Waals surface area contributed by atoms with Crippen LogP contribution in [0.15, 0.2) is 48.7 Å². The van der Waals surface area contributed by atoms with Crippen molar-refractivity contribution in [3.63, 3.8) is 0 Å². The van der Waals surface area contributed by atoms with Crippen molar-refractivity contribution < 1.29 is 14.0 Å². The van der Waals surface area contributed by atoms with Gasteiger partial charge in [0.25, 0.3) is 0 Å². The number of pyridine rings is 1. The molecule has 4 aromatic rings. The Kier molecular flexibility index (Phi) is 7.94. The van der Waals surface area contributed by atoms with Gasteiger partial charge < -0.3 is 5.73 Å². The van der Waals surface area contributed by atoms with E-state index in [9.17, 15) is 4.39 Å². The van der Waals surface area contributed by atoms with Crippen LogP contribution in [0.2, 0.25) is 0 Å². The molecule has 0 aliphatic rings. The molecule has 11 heteroatoms. The van der Waals surface area contributed by atoms with Crippen molar-refractivity contribution in [3.05, 3.63) is 71.4 Å². The van der Waals surface area contributed by atoms with E-state index in [2.05, 4.69) is 41.1 Å². The van der Waals surface area contributed by atoms with Crippen LogP contribution in [0.1, 0.15) is 44.1 Å². The lowest BCUT2D eigenvalue weighted by Crippen LogP contribution is -2.18. The topological polar surface area (TPSA) is 153 Å². The Morgan fingerprint density at radius 1 is 1.06 bits per heavy atom. The van der Waals surface area contributed by atoms with Gasteiger partial charge >= 0.3 is 6.15 Å². The molecule has 0 saturated carbocycles. The minimum absolute atomic E-state index is 0.0173. The van der Waals surface area contributed by atoms with E-state index in [0.29, 0.717) is 17.9 Å². The second-order valence-corrected chi connectivity index (χ2v) is 8.41. The van der Waals surface area contributed by atoms with Crippen LogP contribution in [0, 0.1) is 17.1 Å². The Morgan fingerprint density at radius 3 is 2.44 bits per heavy atom. The summed E-state index contributed by atoms with van der Waals surface area (Å²) in [5.41, 5.74) is 8.98. The molecule has 0 fully saturated rings. The second-order valence-electron chi connectivity index (χ2n) is 8.41. The maximum absolute atomic E-state index is 14.7. The smallest absolute Gasteiger partial charge is 0.368 e. The predicted octanol–water partition coefficient (Wildman–Crippen LogP) is 3.54. The summed E-state index contributed by atoms with van der Waals surface area (Å²) in [6.45, 7) is 6.91. The fourth-order valence-electron chi connectivity index (χ4n) is 3.34. The molecule has 0 bridgehead atoms. The fourth-order valence-corrected chi connectivity index (χ4v) is 3.34.